The molecule has 5 nitrogen and oxygen atoms in total. The maximum Gasteiger partial charge on any atom is 0.378 e. The number of pyridine rings is 1. The molecule has 0 aromatic carbocycles. The summed E-state index contributed by atoms with van der Waals surface area (Å²) < 4.78 is 9.87. The monoisotopic (exact) mass is 241 g/mol. The molecule has 0 amide bonds. The molecule has 0 atom stereocenters. The number of fused-ring (bicyclic) bond motifs is 1. The predicted octanol–water partition coefficient (Wildman–Crippen LogP) is 2.36. The minimum absolute atomic E-state index is 0.0781. The molecule has 2 aromatic heterocycles. The Bertz CT molecular complexity index is 549. The lowest BCUT2D eigenvalue weighted by atomic mass is 10.3. The van der Waals surface area contributed by atoms with E-state index in [4.69, 9.17) is 20.8 Å². The first kappa shape index (κ1) is 10.8. The number of rotatable bonds is 2. The van der Waals surface area contributed by atoms with E-state index in [1.54, 1.807) is 6.92 Å². The van der Waals surface area contributed by atoms with Gasteiger partial charge in [-0.3, -0.25) is 0 Å². The molecule has 1 N–H and O–H groups in total. The Morgan fingerprint density at radius 1 is 1.69 bits per heavy atom. The van der Waals surface area contributed by atoms with Gasteiger partial charge in [0.1, 0.15) is 16.1 Å². The Morgan fingerprint density at radius 3 is 3.06 bits per heavy atom. The van der Waals surface area contributed by atoms with Gasteiger partial charge in [0.15, 0.2) is 5.75 Å². The van der Waals surface area contributed by atoms with Crippen molar-refractivity contribution < 1.29 is 19.1 Å². The number of esters is 1. The molecule has 0 fully saturated rings. The first-order valence-corrected chi connectivity index (χ1v) is 4.96. The van der Waals surface area contributed by atoms with E-state index < -0.39 is 5.97 Å². The van der Waals surface area contributed by atoms with Gasteiger partial charge < -0.3 is 14.3 Å². The molecular formula is C10H8ClNO4. The fraction of sp³-hybridized carbons (Fsp3) is 0.200. The third-order valence-electron chi connectivity index (χ3n) is 1.99. The lowest BCUT2D eigenvalue weighted by Gasteiger charge is -1.97. The van der Waals surface area contributed by atoms with Gasteiger partial charge in [0, 0.05) is 12.3 Å². The summed E-state index contributed by atoms with van der Waals surface area (Å²) in [5, 5.41) is 10.0. The van der Waals surface area contributed by atoms with E-state index in [0.29, 0.717) is 5.58 Å². The molecule has 0 saturated heterocycles. The standard InChI is InChI=1S/C10H8ClNO4/c1-2-15-10(14)8-7(13)6-5(16-8)3-4-12-9(6)11/h3-4,13H,2H2,1H3. The van der Waals surface area contributed by atoms with Crippen LogP contribution in [0.15, 0.2) is 16.7 Å². The van der Waals surface area contributed by atoms with Gasteiger partial charge in [-0.1, -0.05) is 11.6 Å². The molecular weight excluding hydrogens is 234 g/mol. The zero-order valence-corrected chi connectivity index (χ0v) is 9.11. The van der Waals surface area contributed by atoms with E-state index in [9.17, 15) is 9.90 Å². The molecule has 0 aliphatic heterocycles. The van der Waals surface area contributed by atoms with Gasteiger partial charge in [-0.15, -0.1) is 0 Å². The van der Waals surface area contributed by atoms with Gasteiger partial charge in [0.2, 0.25) is 0 Å². The number of carbonyl (C=O) groups is 1. The summed E-state index contributed by atoms with van der Waals surface area (Å²) in [4.78, 5) is 15.2. The summed E-state index contributed by atoms with van der Waals surface area (Å²) in [6, 6.07) is 1.50. The number of hydrogen-bond acceptors (Lipinski definition) is 5. The fourth-order valence-electron chi connectivity index (χ4n) is 1.33. The second kappa shape index (κ2) is 4.02. The molecule has 2 aromatic rings. The summed E-state index contributed by atoms with van der Waals surface area (Å²) in [5.41, 5.74) is 0.292. The van der Waals surface area contributed by atoms with Crippen molar-refractivity contribution in [1.29, 1.82) is 0 Å². The normalized spacial score (nSPS) is 10.6. The minimum Gasteiger partial charge on any atom is -0.503 e. The zero-order valence-electron chi connectivity index (χ0n) is 8.36. The summed E-state index contributed by atoms with van der Waals surface area (Å²) in [6.07, 6.45) is 1.42. The third kappa shape index (κ3) is 1.59. The van der Waals surface area contributed by atoms with Crippen molar-refractivity contribution in [2.45, 2.75) is 6.92 Å². The first-order valence-electron chi connectivity index (χ1n) is 4.58. The van der Waals surface area contributed by atoms with Gasteiger partial charge in [-0.05, 0) is 6.92 Å². The minimum atomic E-state index is -0.729. The van der Waals surface area contributed by atoms with Crippen molar-refractivity contribution in [3.63, 3.8) is 0 Å². The zero-order chi connectivity index (χ0) is 11.7. The topological polar surface area (TPSA) is 72.6 Å². The van der Waals surface area contributed by atoms with E-state index in [1.807, 2.05) is 0 Å². The Labute approximate surface area is 95.6 Å². The van der Waals surface area contributed by atoms with E-state index >= 15 is 0 Å². The van der Waals surface area contributed by atoms with E-state index in [2.05, 4.69) is 4.98 Å². The Kier molecular flexibility index (Phi) is 2.70. The molecule has 2 heterocycles. The lowest BCUT2D eigenvalue weighted by Crippen LogP contribution is -2.02. The largest absolute Gasteiger partial charge is 0.503 e. The molecule has 0 unspecified atom stereocenters. The number of nitrogens with zero attached hydrogens (tertiary/aromatic N) is 1. The number of ether oxygens (including phenoxy) is 1. The Morgan fingerprint density at radius 2 is 2.44 bits per heavy atom. The summed E-state index contributed by atoms with van der Waals surface area (Å²) >= 11 is 5.77. The predicted molar refractivity (Wildman–Crippen MR) is 56.6 cm³/mol. The van der Waals surface area contributed by atoms with Gasteiger partial charge in [-0.25, -0.2) is 9.78 Å². The highest BCUT2D eigenvalue weighted by molar-refractivity contribution is 6.34. The van der Waals surface area contributed by atoms with Crippen LogP contribution in [0.4, 0.5) is 0 Å². The number of aromatic nitrogens is 1. The fourth-order valence-corrected chi connectivity index (χ4v) is 1.57. The highest BCUT2D eigenvalue weighted by Gasteiger charge is 2.23. The van der Waals surface area contributed by atoms with Crippen molar-refractivity contribution in [2.24, 2.45) is 0 Å². The summed E-state index contributed by atoms with van der Waals surface area (Å²) in [5.74, 6) is -1.33. The number of aromatic hydroxyl groups is 1. The van der Waals surface area contributed by atoms with Crippen molar-refractivity contribution in [2.75, 3.05) is 6.61 Å². The smallest absolute Gasteiger partial charge is 0.378 e. The van der Waals surface area contributed by atoms with Crippen molar-refractivity contribution in [3.8, 4) is 5.75 Å². The van der Waals surface area contributed by atoms with E-state index in [-0.39, 0.29) is 28.7 Å². The number of carbonyl (C=O) groups excluding carboxylic acids is 1. The second-order valence-corrected chi connectivity index (χ2v) is 3.33. The number of hydrogen-bond donors (Lipinski definition) is 1. The average molecular weight is 242 g/mol. The number of furan rings is 1. The van der Waals surface area contributed by atoms with Crippen LogP contribution in [-0.2, 0) is 4.74 Å². The molecule has 0 spiro atoms. The van der Waals surface area contributed by atoms with Crippen LogP contribution in [0, 0.1) is 0 Å². The molecule has 0 radical (unpaired) electrons. The van der Waals surface area contributed by atoms with Crippen LogP contribution in [0.3, 0.4) is 0 Å². The maximum atomic E-state index is 11.4. The third-order valence-corrected chi connectivity index (χ3v) is 2.28. The summed E-state index contributed by atoms with van der Waals surface area (Å²) in [6.45, 7) is 1.85. The Balaban J connectivity index is 2.61. The van der Waals surface area contributed by atoms with Gasteiger partial charge in [0.05, 0.1) is 6.61 Å². The van der Waals surface area contributed by atoms with E-state index in [0.717, 1.165) is 0 Å². The Hall–Kier alpha value is -1.75. The van der Waals surface area contributed by atoms with Crippen molar-refractivity contribution >= 4 is 28.5 Å². The van der Waals surface area contributed by atoms with Crippen LogP contribution in [0.2, 0.25) is 5.15 Å². The van der Waals surface area contributed by atoms with Crippen LogP contribution in [0.1, 0.15) is 17.5 Å². The SMILES string of the molecule is CCOC(=O)c1oc2ccnc(Cl)c2c1O. The highest BCUT2D eigenvalue weighted by atomic mass is 35.5. The second-order valence-electron chi connectivity index (χ2n) is 2.98. The molecule has 2 rings (SSSR count). The molecule has 0 saturated carbocycles. The molecule has 0 aliphatic rings. The molecule has 16 heavy (non-hydrogen) atoms. The average Bonchev–Trinajstić information content (AvgIpc) is 2.58. The van der Waals surface area contributed by atoms with Crippen LogP contribution < -0.4 is 0 Å². The van der Waals surface area contributed by atoms with Crippen LogP contribution >= 0.6 is 11.6 Å². The molecule has 0 bridgehead atoms. The van der Waals surface area contributed by atoms with Crippen LogP contribution in [0.5, 0.6) is 5.75 Å². The lowest BCUT2D eigenvalue weighted by molar-refractivity contribution is 0.0488. The molecule has 6 heteroatoms. The van der Waals surface area contributed by atoms with Gasteiger partial charge in [-0.2, -0.15) is 0 Å². The molecule has 0 aliphatic carbocycles. The van der Waals surface area contributed by atoms with Gasteiger partial charge >= 0.3 is 5.97 Å². The summed E-state index contributed by atoms with van der Waals surface area (Å²) in [7, 11) is 0. The highest BCUT2D eigenvalue weighted by Crippen LogP contribution is 2.35. The molecule has 84 valence electrons. The van der Waals surface area contributed by atoms with E-state index in [1.165, 1.54) is 12.3 Å². The quantitative estimate of drug-likeness (QED) is 0.645. The van der Waals surface area contributed by atoms with Crippen molar-refractivity contribution in [1.82, 2.24) is 4.98 Å². The first-order chi connectivity index (χ1) is 7.65. The van der Waals surface area contributed by atoms with Crippen LogP contribution in [0.25, 0.3) is 11.0 Å². The van der Waals surface area contributed by atoms with Gasteiger partial charge in [0.25, 0.3) is 5.76 Å². The van der Waals surface area contributed by atoms with Crippen molar-refractivity contribution in [3.05, 3.63) is 23.2 Å². The maximum absolute atomic E-state index is 11.4. The van der Waals surface area contributed by atoms with Crippen LogP contribution in [-0.4, -0.2) is 22.7 Å². The number of halogens is 1.